The maximum atomic E-state index is 12.0. The van der Waals surface area contributed by atoms with Gasteiger partial charge in [-0.05, 0) is 61.3 Å². The van der Waals surface area contributed by atoms with Crippen molar-refractivity contribution in [2.75, 3.05) is 18.4 Å². The number of nitrogens with one attached hydrogen (secondary N) is 1. The number of rotatable bonds is 2. The van der Waals surface area contributed by atoms with E-state index < -0.39 is 5.60 Å². The minimum atomic E-state index is -0.447. The second-order valence-electron chi connectivity index (χ2n) is 6.18. The van der Waals surface area contributed by atoms with E-state index in [1.54, 1.807) is 4.90 Å². The summed E-state index contributed by atoms with van der Waals surface area (Å²) in [5.74, 6) is 0. The van der Waals surface area contributed by atoms with E-state index in [0.29, 0.717) is 6.54 Å². The zero-order valence-corrected chi connectivity index (χ0v) is 15.6. The minimum Gasteiger partial charge on any atom is -0.444 e. The van der Waals surface area contributed by atoms with E-state index in [2.05, 4.69) is 37.2 Å². The van der Waals surface area contributed by atoms with Crippen molar-refractivity contribution in [1.29, 1.82) is 0 Å². The van der Waals surface area contributed by atoms with Gasteiger partial charge in [-0.1, -0.05) is 15.9 Å². The first-order chi connectivity index (χ1) is 9.74. The molecule has 0 saturated carbocycles. The molecule has 1 aromatic rings. The lowest BCUT2D eigenvalue weighted by Crippen LogP contribution is -2.36. The van der Waals surface area contributed by atoms with E-state index in [4.69, 9.17) is 4.74 Å². The molecule has 0 aromatic heterocycles. The summed E-state index contributed by atoms with van der Waals surface area (Å²) in [6.45, 7) is 7.04. The zero-order chi connectivity index (χ0) is 15.6. The van der Waals surface area contributed by atoms with Gasteiger partial charge in [-0.15, -0.1) is 0 Å². The number of carbonyl (C=O) groups excluding carboxylic acids is 1. The third-order valence-corrected chi connectivity index (χ3v) is 4.28. The van der Waals surface area contributed by atoms with Gasteiger partial charge in [0.25, 0.3) is 0 Å². The molecule has 1 aliphatic rings. The highest BCUT2D eigenvalue weighted by Crippen LogP contribution is 2.28. The maximum absolute atomic E-state index is 12.0. The Morgan fingerprint density at radius 1 is 1.38 bits per heavy atom. The van der Waals surface area contributed by atoms with Crippen molar-refractivity contribution in [1.82, 2.24) is 4.90 Å². The number of ether oxygens (including phenoxy) is 1. The summed E-state index contributed by atoms with van der Waals surface area (Å²) in [4.78, 5) is 13.8. The standard InChI is InChI=1S/C15H20Br2N2O2/c1-15(2,3)21-14(20)19-7-6-11(9-19)18-13-5-4-10(16)8-12(13)17/h4-5,8,11,18H,6-7,9H2,1-3H3. The van der Waals surface area contributed by atoms with Crippen LogP contribution in [0.5, 0.6) is 0 Å². The molecule has 0 bridgehead atoms. The van der Waals surface area contributed by atoms with Crippen LogP contribution in [0.1, 0.15) is 27.2 Å². The van der Waals surface area contributed by atoms with Crippen LogP contribution < -0.4 is 5.32 Å². The number of carbonyl (C=O) groups is 1. The van der Waals surface area contributed by atoms with Crippen molar-refractivity contribution in [3.63, 3.8) is 0 Å². The first-order valence-corrected chi connectivity index (χ1v) is 8.53. The Labute approximate surface area is 142 Å². The molecule has 0 radical (unpaired) electrons. The van der Waals surface area contributed by atoms with E-state index in [0.717, 1.165) is 27.6 Å². The molecule has 1 aromatic carbocycles. The van der Waals surface area contributed by atoms with Gasteiger partial charge >= 0.3 is 6.09 Å². The first kappa shape index (κ1) is 16.6. The van der Waals surface area contributed by atoms with E-state index in [1.807, 2.05) is 39.0 Å². The molecule has 1 heterocycles. The number of likely N-dealkylation sites (tertiary alicyclic amines) is 1. The molecule has 0 aliphatic carbocycles. The van der Waals surface area contributed by atoms with Gasteiger partial charge in [-0.2, -0.15) is 0 Å². The molecule has 2 rings (SSSR count). The van der Waals surface area contributed by atoms with Crippen molar-refractivity contribution < 1.29 is 9.53 Å². The molecular formula is C15H20Br2N2O2. The van der Waals surface area contributed by atoms with Crippen LogP contribution in [-0.4, -0.2) is 35.7 Å². The van der Waals surface area contributed by atoms with Crippen molar-refractivity contribution in [3.05, 3.63) is 27.1 Å². The molecule has 4 nitrogen and oxygen atoms in total. The summed E-state index contributed by atoms with van der Waals surface area (Å²) in [5, 5.41) is 3.47. The van der Waals surface area contributed by atoms with Gasteiger partial charge in [0.15, 0.2) is 0 Å². The zero-order valence-electron chi connectivity index (χ0n) is 12.5. The fourth-order valence-electron chi connectivity index (χ4n) is 2.20. The number of nitrogens with zero attached hydrogens (tertiary/aromatic N) is 1. The second kappa shape index (κ2) is 6.57. The van der Waals surface area contributed by atoms with Gasteiger partial charge in [0.2, 0.25) is 0 Å². The largest absolute Gasteiger partial charge is 0.444 e. The van der Waals surface area contributed by atoms with Gasteiger partial charge < -0.3 is 15.0 Å². The lowest BCUT2D eigenvalue weighted by Gasteiger charge is -2.24. The fourth-order valence-corrected chi connectivity index (χ4v) is 3.36. The summed E-state index contributed by atoms with van der Waals surface area (Å²) in [6, 6.07) is 6.26. The average molecular weight is 420 g/mol. The van der Waals surface area contributed by atoms with Gasteiger partial charge in [0.1, 0.15) is 5.60 Å². The minimum absolute atomic E-state index is 0.235. The normalized spacial score (nSPS) is 18.7. The van der Waals surface area contributed by atoms with E-state index in [9.17, 15) is 4.79 Å². The van der Waals surface area contributed by atoms with Crippen LogP contribution in [0.2, 0.25) is 0 Å². The Bertz CT molecular complexity index is 529. The molecule has 1 atom stereocenters. The third-order valence-electron chi connectivity index (χ3n) is 3.13. The number of hydrogen-bond acceptors (Lipinski definition) is 3. The highest BCUT2D eigenvalue weighted by atomic mass is 79.9. The Kier molecular flexibility index (Phi) is 5.20. The SMILES string of the molecule is CC(C)(C)OC(=O)N1CCC(Nc2ccc(Br)cc2Br)C1. The topological polar surface area (TPSA) is 41.6 Å². The number of amides is 1. The summed E-state index contributed by atoms with van der Waals surface area (Å²) >= 11 is 6.98. The highest BCUT2D eigenvalue weighted by molar-refractivity contribution is 9.11. The maximum Gasteiger partial charge on any atom is 0.410 e. The van der Waals surface area contributed by atoms with Gasteiger partial charge in [-0.25, -0.2) is 4.79 Å². The molecular weight excluding hydrogens is 400 g/mol. The summed E-state index contributed by atoms with van der Waals surface area (Å²) in [7, 11) is 0. The van der Waals surface area contributed by atoms with Crippen LogP contribution in [0.15, 0.2) is 27.1 Å². The van der Waals surface area contributed by atoms with Crippen LogP contribution in [0.3, 0.4) is 0 Å². The summed E-state index contributed by atoms with van der Waals surface area (Å²) < 4.78 is 7.44. The molecule has 1 unspecified atom stereocenters. The summed E-state index contributed by atoms with van der Waals surface area (Å²) in [6.07, 6.45) is 0.684. The molecule has 6 heteroatoms. The number of hydrogen-bond donors (Lipinski definition) is 1. The third kappa shape index (κ3) is 4.88. The quantitative estimate of drug-likeness (QED) is 0.759. The Morgan fingerprint density at radius 3 is 2.71 bits per heavy atom. The highest BCUT2D eigenvalue weighted by Gasteiger charge is 2.29. The predicted molar refractivity (Wildman–Crippen MR) is 91.7 cm³/mol. The summed E-state index contributed by atoms with van der Waals surface area (Å²) in [5.41, 5.74) is 0.589. The Hall–Kier alpha value is -0.750. The smallest absolute Gasteiger partial charge is 0.410 e. The predicted octanol–water partition coefficient (Wildman–Crippen LogP) is 4.63. The molecule has 1 saturated heterocycles. The number of benzene rings is 1. The lowest BCUT2D eigenvalue weighted by atomic mass is 10.2. The van der Waals surface area contributed by atoms with E-state index in [1.165, 1.54) is 0 Å². The number of halogens is 2. The van der Waals surface area contributed by atoms with E-state index in [-0.39, 0.29) is 12.1 Å². The molecule has 1 N–H and O–H groups in total. The van der Waals surface area contributed by atoms with Crippen LogP contribution >= 0.6 is 31.9 Å². The van der Waals surface area contributed by atoms with Crippen molar-refractivity contribution in [2.24, 2.45) is 0 Å². The molecule has 1 amide bonds. The Morgan fingerprint density at radius 2 is 2.10 bits per heavy atom. The molecule has 116 valence electrons. The van der Waals surface area contributed by atoms with Crippen LogP contribution in [0.25, 0.3) is 0 Å². The molecule has 1 fully saturated rings. The molecule has 0 spiro atoms. The average Bonchev–Trinajstić information content (AvgIpc) is 2.79. The van der Waals surface area contributed by atoms with Gasteiger partial charge in [-0.3, -0.25) is 0 Å². The van der Waals surface area contributed by atoms with Crippen molar-refractivity contribution in [3.8, 4) is 0 Å². The monoisotopic (exact) mass is 418 g/mol. The second-order valence-corrected chi connectivity index (χ2v) is 7.95. The molecule has 21 heavy (non-hydrogen) atoms. The van der Waals surface area contributed by atoms with Crippen molar-refractivity contribution >= 4 is 43.6 Å². The first-order valence-electron chi connectivity index (χ1n) is 6.94. The van der Waals surface area contributed by atoms with Crippen LogP contribution in [0.4, 0.5) is 10.5 Å². The molecule has 1 aliphatic heterocycles. The van der Waals surface area contributed by atoms with Crippen LogP contribution in [-0.2, 0) is 4.74 Å². The van der Waals surface area contributed by atoms with Crippen LogP contribution in [0, 0.1) is 0 Å². The van der Waals surface area contributed by atoms with Gasteiger partial charge in [0, 0.05) is 33.8 Å². The van der Waals surface area contributed by atoms with Crippen molar-refractivity contribution in [2.45, 2.75) is 38.8 Å². The number of anilines is 1. The fraction of sp³-hybridized carbons (Fsp3) is 0.533. The van der Waals surface area contributed by atoms with Gasteiger partial charge in [0.05, 0.1) is 0 Å². The Balaban J connectivity index is 1.92. The lowest BCUT2D eigenvalue weighted by molar-refractivity contribution is 0.0293. The van der Waals surface area contributed by atoms with E-state index >= 15 is 0 Å².